The summed E-state index contributed by atoms with van der Waals surface area (Å²) < 4.78 is 0. The number of amides is 1. The molecule has 0 aliphatic carbocycles. The van der Waals surface area contributed by atoms with E-state index in [0.29, 0.717) is 23.6 Å². The quantitative estimate of drug-likeness (QED) is 0.809. The SMILES string of the molecule is CCCC(CCO)CNC(=O)c1cccc(Cl)c1Cl. The Kier molecular flexibility index (Phi) is 7.21. The number of aliphatic hydroxyl groups excluding tert-OH is 1. The number of nitrogens with one attached hydrogen (secondary N) is 1. The van der Waals surface area contributed by atoms with Gasteiger partial charge in [0, 0.05) is 13.2 Å². The van der Waals surface area contributed by atoms with Gasteiger partial charge in [0.2, 0.25) is 0 Å². The first-order valence-electron chi connectivity index (χ1n) is 6.43. The molecule has 5 heteroatoms. The van der Waals surface area contributed by atoms with E-state index in [-0.39, 0.29) is 23.5 Å². The van der Waals surface area contributed by atoms with Crippen LogP contribution in [0.1, 0.15) is 36.5 Å². The van der Waals surface area contributed by atoms with Crippen molar-refractivity contribution in [1.82, 2.24) is 5.32 Å². The Balaban J connectivity index is 2.61. The van der Waals surface area contributed by atoms with E-state index in [0.717, 1.165) is 12.8 Å². The van der Waals surface area contributed by atoms with Crippen molar-refractivity contribution in [3.63, 3.8) is 0 Å². The fraction of sp³-hybridized carbons (Fsp3) is 0.500. The van der Waals surface area contributed by atoms with Crippen molar-refractivity contribution in [2.45, 2.75) is 26.2 Å². The smallest absolute Gasteiger partial charge is 0.252 e. The minimum absolute atomic E-state index is 0.137. The van der Waals surface area contributed by atoms with Gasteiger partial charge in [-0.25, -0.2) is 0 Å². The lowest BCUT2D eigenvalue weighted by atomic mass is 10.00. The fourth-order valence-electron chi connectivity index (χ4n) is 1.95. The third-order valence-corrected chi connectivity index (χ3v) is 3.80. The van der Waals surface area contributed by atoms with E-state index < -0.39 is 0 Å². The number of hydrogen-bond donors (Lipinski definition) is 2. The predicted molar refractivity (Wildman–Crippen MR) is 78.9 cm³/mol. The molecule has 1 aromatic rings. The van der Waals surface area contributed by atoms with Crippen LogP contribution >= 0.6 is 23.2 Å². The van der Waals surface area contributed by atoms with Crippen LogP contribution in [0.2, 0.25) is 10.0 Å². The third-order valence-electron chi connectivity index (χ3n) is 2.98. The van der Waals surface area contributed by atoms with E-state index in [2.05, 4.69) is 12.2 Å². The van der Waals surface area contributed by atoms with Gasteiger partial charge in [0.05, 0.1) is 15.6 Å². The molecule has 0 aliphatic heterocycles. The largest absolute Gasteiger partial charge is 0.396 e. The van der Waals surface area contributed by atoms with Crippen LogP contribution in [0.5, 0.6) is 0 Å². The normalized spacial score (nSPS) is 12.2. The highest BCUT2D eigenvalue weighted by Crippen LogP contribution is 2.25. The Morgan fingerprint density at radius 2 is 2.11 bits per heavy atom. The van der Waals surface area contributed by atoms with Crippen molar-refractivity contribution < 1.29 is 9.90 Å². The molecule has 1 amide bonds. The van der Waals surface area contributed by atoms with Crippen LogP contribution in [0.3, 0.4) is 0 Å². The molecule has 0 aromatic heterocycles. The van der Waals surface area contributed by atoms with E-state index in [1.165, 1.54) is 0 Å². The first-order chi connectivity index (χ1) is 9.10. The molecule has 1 aromatic carbocycles. The minimum Gasteiger partial charge on any atom is -0.396 e. The van der Waals surface area contributed by atoms with E-state index in [1.54, 1.807) is 18.2 Å². The lowest BCUT2D eigenvalue weighted by Crippen LogP contribution is -2.30. The third kappa shape index (κ3) is 5.01. The Labute approximate surface area is 123 Å². The maximum Gasteiger partial charge on any atom is 0.252 e. The van der Waals surface area contributed by atoms with Crippen LogP contribution < -0.4 is 5.32 Å². The summed E-state index contributed by atoms with van der Waals surface area (Å²) >= 11 is 11.9. The maximum atomic E-state index is 12.0. The highest BCUT2D eigenvalue weighted by Gasteiger charge is 2.14. The Morgan fingerprint density at radius 3 is 2.74 bits per heavy atom. The molecule has 0 aliphatic rings. The van der Waals surface area contributed by atoms with Crippen LogP contribution in [0.25, 0.3) is 0 Å². The molecular weight excluding hydrogens is 285 g/mol. The fourth-order valence-corrected chi connectivity index (χ4v) is 2.34. The molecule has 3 nitrogen and oxygen atoms in total. The number of carbonyl (C=O) groups excluding carboxylic acids is 1. The number of carbonyl (C=O) groups is 1. The summed E-state index contributed by atoms with van der Waals surface area (Å²) in [6.45, 7) is 2.76. The molecular formula is C14H19Cl2NO2. The number of hydrogen-bond acceptors (Lipinski definition) is 2. The van der Waals surface area contributed by atoms with Gasteiger partial charge in [-0.15, -0.1) is 0 Å². The molecule has 1 unspecified atom stereocenters. The monoisotopic (exact) mass is 303 g/mol. The second kappa shape index (κ2) is 8.41. The molecule has 1 atom stereocenters. The number of aliphatic hydroxyl groups is 1. The Morgan fingerprint density at radius 1 is 1.37 bits per heavy atom. The molecule has 2 N–H and O–H groups in total. The van der Waals surface area contributed by atoms with Gasteiger partial charge in [-0.05, 0) is 30.9 Å². The van der Waals surface area contributed by atoms with E-state index in [4.69, 9.17) is 28.3 Å². The van der Waals surface area contributed by atoms with Crippen LogP contribution in [0.4, 0.5) is 0 Å². The molecule has 0 heterocycles. The van der Waals surface area contributed by atoms with Gasteiger partial charge in [0.25, 0.3) is 5.91 Å². The minimum atomic E-state index is -0.230. The molecule has 0 bridgehead atoms. The second-order valence-electron chi connectivity index (χ2n) is 4.48. The van der Waals surface area contributed by atoms with Crippen molar-refractivity contribution >= 4 is 29.1 Å². The zero-order valence-electron chi connectivity index (χ0n) is 11.0. The number of halogens is 2. The van der Waals surface area contributed by atoms with Crippen LogP contribution in [-0.2, 0) is 0 Å². The summed E-state index contributed by atoms with van der Waals surface area (Å²) in [6.07, 6.45) is 2.69. The van der Waals surface area contributed by atoms with Crippen LogP contribution in [0.15, 0.2) is 18.2 Å². The van der Waals surface area contributed by atoms with E-state index >= 15 is 0 Å². The average Bonchev–Trinajstić information content (AvgIpc) is 2.39. The summed E-state index contributed by atoms with van der Waals surface area (Å²) in [5.74, 6) is 0.0588. The Bertz CT molecular complexity index is 418. The van der Waals surface area contributed by atoms with Gasteiger partial charge in [0.15, 0.2) is 0 Å². The van der Waals surface area contributed by atoms with Gasteiger partial charge >= 0.3 is 0 Å². The maximum absolute atomic E-state index is 12.0. The first-order valence-corrected chi connectivity index (χ1v) is 7.18. The van der Waals surface area contributed by atoms with Crippen molar-refractivity contribution in [2.75, 3.05) is 13.2 Å². The van der Waals surface area contributed by atoms with Crippen molar-refractivity contribution in [2.24, 2.45) is 5.92 Å². The Hall–Kier alpha value is -0.770. The average molecular weight is 304 g/mol. The molecule has 0 spiro atoms. The first kappa shape index (κ1) is 16.3. The molecule has 0 fully saturated rings. The molecule has 0 radical (unpaired) electrons. The highest BCUT2D eigenvalue weighted by molar-refractivity contribution is 6.43. The summed E-state index contributed by atoms with van der Waals surface area (Å²) in [4.78, 5) is 12.0. The molecule has 106 valence electrons. The molecule has 0 saturated carbocycles. The van der Waals surface area contributed by atoms with Crippen LogP contribution in [-0.4, -0.2) is 24.2 Å². The van der Waals surface area contributed by atoms with Crippen molar-refractivity contribution in [1.29, 1.82) is 0 Å². The summed E-state index contributed by atoms with van der Waals surface area (Å²) in [5, 5.41) is 12.5. The lowest BCUT2D eigenvalue weighted by Gasteiger charge is -2.16. The van der Waals surface area contributed by atoms with E-state index in [9.17, 15) is 4.79 Å². The zero-order valence-corrected chi connectivity index (χ0v) is 12.5. The topological polar surface area (TPSA) is 49.3 Å². The summed E-state index contributed by atoms with van der Waals surface area (Å²) in [7, 11) is 0. The molecule has 1 rings (SSSR count). The molecule has 19 heavy (non-hydrogen) atoms. The van der Waals surface area contributed by atoms with Gasteiger partial charge in [0.1, 0.15) is 0 Å². The molecule has 0 saturated heterocycles. The van der Waals surface area contributed by atoms with Gasteiger partial charge in [-0.3, -0.25) is 4.79 Å². The van der Waals surface area contributed by atoms with Gasteiger partial charge in [-0.1, -0.05) is 42.6 Å². The predicted octanol–water partition coefficient (Wildman–Crippen LogP) is 3.52. The van der Waals surface area contributed by atoms with Crippen LogP contribution in [0, 0.1) is 5.92 Å². The lowest BCUT2D eigenvalue weighted by molar-refractivity contribution is 0.0943. The van der Waals surface area contributed by atoms with Crippen molar-refractivity contribution in [3.8, 4) is 0 Å². The van der Waals surface area contributed by atoms with Gasteiger partial charge < -0.3 is 10.4 Å². The van der Waals surface area contributed by atoms with E-state index in [1.807, 2.05) is 0 Å². The van der Waals surface area contributed by atoms with Crippen molar-refractivity contribution in [3.05, 3.63) is 33.8 Å². The standard InChI is InChI=1S/C14H19Cl2NO2/c1-2-4-10(7-8-18)9-17-14(19)11-5-3-6-12(15)13(11)16/h3,5-6,10,18H,2,4,7-9H2,1H3,(H,17,19). The highest BCUT2D eigenvalue weighted by atomic mass is 35.5. The number of rotatable bonds is 7. The number of benzene rings is 1. The summed E-state index contributed by atoms with van der Waals surface area (Å²) in [6, 6.07) is 4.98. The summed E-state index contributed by atoms with van der Waals surface area (Å²) in [5.41, 5.74) is 0.383. The second-order valence-corrected chi connectivity index (χ2v) is 5.26. The zero-order chi connectivity index (χ0) is 14.3. The van der Waals surface area contributed by atoms with Gasteiger partial charge in [-0.2, -0.15) is 0 Å².